The molecule has 0 fully saturated rings. The Labute approximate surface area is 338 Å². The molecular formula is C51H47F6N. The summed E-state index contributed by atoms with van der Waals surface area (Å²) in [5.41, 5.74) is 7.98. The predicted octanol–water partition coefficient (Wildman–Crippen LogP) is 14.1. The van der Waals surface area contributed by atoms with Gasteiger partial charge in [-0.2, -0.15) is 18.4 Å². The zero-order chi connectivity index (χ0) is 41.7. The molecule has 1 nitrogen and oxygen atoms in total. The Kier molecular flexibility index (Phi) is 13.0. The number of nitriles is 1. The molecule has 0 radical (unpaired) electrons. The number of rotatable bonds is 13. The molecule has 7 heteroatoms. The van der Waals surface area contributed by atoms with Gasteiger partial charge in [-0.3, -0.25) is 0 Å². The van der Waals surface area contributed by atoms with E-state index in [1.807, 2.05) is 44.2 Å². The van der Waals surface area contributed by atoms with E-state index in [2.05, 4.69) is 45.0 Å². The highest BCUT2D eigenvalue weighted by Gasteiger charge is 2.31. The first kappa shape index (κ1) is 42.0. The third kappa shape index (κ3) is 9.73. The van der Waals surface area contributed by atoms with Crippen molar-refractivity contribution in [2.24, 2.45) is 17.8 Å². The Morgan fingerprint density at radius 1 is 0.500 bits per heavy atom. The highest BCUT2D eigenvalue weighted by Crippen LogP contribution is 2.40. The number of alkyl halides is 3. The lowest BCUT2D eigenvalue weighted by atomic mass is 9.75. The molecule has 5 unspecified atom stereocenters. The van der Waals surface area contributed by atoms with E-state index in [0.717, 1.165) is 56.6 Å². The largest absolute Gasteiger partial charge is 0.416 e. The van der Waals surface area contributed by atoms with Gasteiger partial charge in [0.2, 0.25) is 0 Å². The fourth-order valence-electron chi connectivity index (χ4n) is 8.62. The van der Waals surface area contributed by atoms with Gasteiger partial charge in [0.1, 0.15) is 17.5 Å². The van der Waals surface area contributed by atoms with E-state index in [4.69, 9.17) is 0 Å². The van der Waals surface area contributed by atoms with Crippen molar-refractivity contribution >= 4 is 0 Å². The van der Waals surface area contributed by atoms with Crippen LogP contribution in [0.5, 0.6) is 0 Å². The first-order valence-corrected chi connectivity index (χ1v) is 19.7. The number of benzene rings is 6. The molecule has 298 valence electrons. The molecule has 0 aliphatic heterocycles. The topological polar surface area (TPSA) is 23.8 Å². The Morgan fingerprint density at radius 3 is 1.40 bits per heavy atom. The van der Waals surface area contributed by atoms with Gasteiger partial charge in [0.15, 0.2) is 0 Å². The minimum atomic E-state index is -4.44. The van der Waals surface area contributed by atoms with Crippen LogP contribution < -0.4 is 0 Å². The molecule has 0 spiro atoms. The molecule has 0 saturated carbocycles. The fourth-order valence-corrected chi connectivity index (χ4v) is 8.62. The third-order valence-electron chi connectivity index (χ3n) is 11.5. The summed E-state index contributed by atoms with van der Waals surface area (Å²) in [6.07, 6.45) is -3.41. The number of aryl methyl sites for hydroxylation is 1. The average Bonchev–Trinajstić information content (AvgIpc) is 3.19. The second-order valence-electron chi connectivity index (χ2n) is 16.0. The van der Waals surface area contributed by atoms with Crippen LogP contribution in [0.15, 0.2) is 133 Å². The molecule has 6 aromatic rings. The number of halogens is 6. The Hall–Kier alpha value is -5.61. The summed E-state index contributed by atoms with van der Waals surface area (Å²) in [6, 6.07) is 39.3. The fraction of sp³-hybridized carbons (Fsp3) is 0.275. The minimum absolute atomic E-state index is 0.0207. The van der Waals surface area contributed by atoms with Gasteiger partial charge in [-0.1, -0.05) is 107 Å². The summed E-state index contributed by atoms with van der Waals surface area (Å²) in [5.74, 6) is -1.69. The normalized spacial score (nSPS) is 14.4. The summed E-state index contributed by atoms with van der Waals surface area (Å²) in [6.45, 7) is 10.3. The maximum Gasteiger partial charge on any atom is 0.416 e. The summed E-state index contributed by atoms with van der Waals surface area (Å²) in [5, 5.41) is 9.42. The second-order valence-corrected chi connectivity index (χ2v) is 16.0. The van der Waals surface area contributed by atoms with Crippen molar-refractivity contribution in [3.8, 4) is 6.07 Å². The molecule has 0 aliphatic carbocycles. The van der Waals surface area contributed by atoms with Crippen LogP contribution in [-0.2, 0) is 19.0 Å². The van der Waals surface area contributed by atoms with Crippen LogP contribution in [-0.4, -0.2) is 0 Å². The molecule has 6 rings (SSSR count). The van der Waals surface area contributed by atoms with Crippen molar-refractivity contribution in [3.63, 3.8) is 0 Å². The van der Waals surface area contributed by atoms with Gasteiger partial charge < -0.3 is 0 Å². The molecule has 5 atom stereocenters. The minimum Gasteiger partial charge on any atom is -0.207 e. The summed E-state index contributed by atoms with van der Waals surface area (Å²) < 4.78 is 84.2. The van der Waals surface area contributed by atoms with E-state index in [0.29, 0.717) is 24.0 Å². The molecule has 0 heterocycles. The summed E-state index contributed by atoms with van der Waals surface area (Å²) in [4.78, 5) is 0. The second kappa shape index (κ2) is 17.9. The van der Waals surface area contributed by atoms with Gasteiger partial charge in [0, 0.05) is 17.8 Å². The maximum atomic E-state index is 15.8. The Balaban J connectivity index is 1.34. The molecule has 0 saturated heterocycles. The Bertz CT molecular complexity index is 2340. The van der Waals surface area contributed by atoms with Gasteiger partial charge in [-0.05, 0) is 142 Å². The zero-order valence-corrected chi connectivity index (χ0v) is 33.3. The standard InChI is InChI=1S/C51H47F6N/c1-31(2)48(36-12-19-44(20-13-36)51(55,56)57)40-18-25-47(54)43(29-40)27-34(5)50(39-16-23-46(53)24-17-39)41-9-6-32(3)42(28-41)26-33(4)49(38-14-21-45(52)22-15-38)37-10-7-35(30-58)8-11-37/h6-25,28-29,31,33-34,48-50H,26-27H2,1-5H3. The van der Waals surface area contributed by atoms with Crippen LogP contribution in [0.3, 0.4) is 0 Å². The molecule has 6 aromatic carbocycles. The lowest BCUT2D eigenvalue weighted by Crippen LogP contribution is -2.17. The predicted molar refractivity (Wildman–Crippen MR) is 219 cm³/mol. The van der Waals surface area contributed by atoms with Crippen molar-refractivity contribution < 1.29 is 26.3 Å². The highest BCUT2D eigenvalue weighted by atomic mass is 19.4. The van der Waals surface area contributed by atoms with Gasteiger partial charge in [-0.15, -0.1) is 0 Å². The number of hydrogen-bond donors (Lipinski definition) is 0. The van der Waals surface area contributed by atoms with Gasteiger partial charge in [0.25, 0.3) is 0 Å². The number of hydrogen-bond acceptors (Lipinski definition) is 1. The summed E-state index contributed by atoms with van der Waals surface area (Å²) in [7, 11) is 0. The lowest BCUT2D eigenvalue weighted by molar-refractivity contribution is -0.137. The van der Waals surface area contributed by atoms with E-state index in [-0.39, 0.29) is 53.0 Å². The summed E-state index contributed by atoms with van der Waals surface area (Å²) >= 11 is 0. The zero-order valence-electron chi connectivity index (χ0n) is 33.3. The van der Waals surface area contributed by atoms with Crippen LogP contribution in [0.2, 0.25) is 0 Å². The first-order chi connectivity index (χ1) is 27.6. The van der Waals surface area contributed by atoms with Crippen molar-refractivity contribution in [3.05, 3.63) is 212 Å². The van der Waals surface area contributed by atoms with Gasteiger partial charge in [-0.25, -0.2) is 13.2 Å². The molecule has 0 amide bonds. The van der Waals surface area contributed by atoms with Crippen LogP contribution in [0, 0.1) is 53.5 Å². The lowest BCUT2D eigenvalue weighted by Gasteiger charge is -2.29. The smallest absolute Gasteiger partial charge is 0.207 e. The van der Waals surface area contributed by atoms with Gasteiger partial charge >= 0.3 is 6.18 Å². The highest BCUT2D eigenvalue weighted by molar-refractivity contribution is 5.43. The Morgan fingerprint density at radius 2 is 0.897 bits per heavy atom. The van der Waals surface area contributed by atoms with E-state index in [1.165, 1.54) is 42.5 Å². The van der Waals surface area contributed by atoms with Gasteiger partial charge in [0.05, 0.1) is 17.2 Å². The van der Waals surface area contributed by atoms with E-state index < -0.39 is 11.7 Å². The average molecular weight is 788 g/mol. The van der Waals surface area contributed by atoms with E-state index in [1.54, 1.807) is 30.3 Å². The number of nitrogens with zero attached hydrogens (tertiary/aromatic N) is 1. The molecule has 0 aliphatic rings. The quantitative estimate of drug-likeness (QED) is 0.107. The van der Waals surface area contributed by atoms with E-state index >= 15 is 4.39 Å². The van der Waals surface area contributed by atoms with E-state index in [9.17, 15) is 27.2 Å². The maximum absolute atomic E-state index is 15.8. The van der Waals surface area contributed by atoms with Crippen LogP contribution in [0.4, 0.5) is 26.3 Å². The molecular weight excluding hydrogens is 741 g/mol. The van der Waals surface area contributed by atoms with Crippen molar-refractivity contribution in [1.29, 1.82) is 5.26 Å². The monoisotopic (exact) mass is 787 g/mol. The molecule has 58 heavy (non-hydrogen) atoms. The third-order valence-corrected chi connectivity index (χ3v) is 11.5. The SMILES string of the molecule is Cc1ccc(C(c2ccc(F)cc2)C(C)Cc2cc(C(c3ccc(C(F)(F)F)cc3)C(C)C)ccc2F)cc1CC(C)C(c1ccc(F)cc1)c1ccc(C#N)cc1. The van der Waals surface area contributed by atoms with Crippen LogP contribution in [0.25, 0.3) is 0 Å². The molecule has 0 bridgehead atoms. The van der Waals surface area contributed by atoms with Crippen molar-refractivity contribution in [1.82, 2.24) is 0 Å². The first-order valence-electron chi connectivity index (χ1n) is 19.7. The van der Waals surface area contributed by atoms with Crippen molar-refractivity contribution in [2.75, 3.05) is 0 Å². The van der Waals surface area contributed by atoms with Crippen LogP contribution in [0.1, 0.15) is 107 Å². The molecule has 0 aromatic heterocycles. The van der Waals surface area contributed by atoms with Crippen LogP contribution >= 0.6 is 0 Å². The van der Waals surface area contributed by atoms with Crippen molar-refractivity contribution in [2.45, 2.75) is 71.4 Å². The molecule has 0 N–H and O–H groups in total.